The quantitative estimate of drug-likeness (QED) is 0.114. The minimum atomic E-state index is -4.01. The van der Waals surface area contributed by atoms with E-state index >= 15 is 0 Å². The molecule has 13 nitrogen and oxygen atoms in total. The van der Waals surface area contributed by atoms with E-state index in [1.165, 1.54) is 12.1 Å². The average molecular weight is 778 g/mol. The van der Waals surface area contributed by atoms with Crippen LogP contribution < -0.4 is 10.1 Å². The third kappa shape index (κ3) is 15.6. The van der Waals surface area contributed by atoms with Crippen LogP contribution in [-0.2, 0) is 54.0 Å². The summed E-state index contributed by atoms with van der Waals surface area (Å²) >= 11 is 0. The third-order valence-corrected chi connectivity index (χ3v) is 9.02. The first-order chi connectivity index (χ1) is 24.7. The van der Waals surface area contributed by atoms with E-state index in [0.717, 1.165) is 11.1 Å². The predicted octanol–water partition coefficient (Wildman–Crippen LogP) is 6.82. The predicted molar refractivity (Wildman–Crippen MR) is 201 cm³/mol. The summed E-state index contributed by atoms with van der Waals surface area (Å²) in [6.07, 6.45) is -1.54. The van der Waals surface area contributed by atoms with Crippen LogP contribution in [-0.4, -0.2) is 80.5 Å². The van der Waals surface area contributed by atoms with Crippen molar-refractivity contribution in [2.45, 2.75) is 148 Å². The molecule has 0 radical (unpaired) electrons. The first-order valence-corrected chi connectivity index (χ1v) is 19.6. The van der Waals surface area contributed by atoms with E-state index in [4.69, 9.17) is 32.6 Å². The number of carbonyl (C=O) groups excluding carboxylic acids is 3. The normalized spacial score (nSPS) is 18.7. The second-order valence-electron chi connectivity index (χ2n) is 17.0. The topological polar surface area (TPSA) is 162 Å². The molecule has 1 aliphatic heterocycles. The Balaban J connectivity index is 1.69. The molecule has 1 aliphatic rings. The number of amides is 1. The number of aryl methyl sites for hydroxylation is 1. The van der Waals surface area contributed by atoms with Gasteiger partial charge in [-0.15, -0.1) is 0 Å². The van der Waals surface area contributed by atoms with Crippen molar-refractivity contribution in [1.29, 1.82) is 0 Å². The summed E-state index contributed by atoms with van der Waals surface area (Å²) in [6.45, 7) is 20.8. The van der Waals surface area contributed by atoms with Crippen LogP contribution in [0.25, 0.3) is 0 Å². The molecule has 14 heteroatoms. The van der Waals surface area contributed by atoms with Gasteiger partial charge >= 0.3 is 18.0 Å². The Bertz CT molecular complexity index is 1670. The summed E-state index contributed by atoms with van der Waals surface area (Å²) in [4.78, 5) is 39.3. The van der Waals surface area contributed by atoms with Crippen LogP contribution in [0.4, 0.5) is 4.79 Å². The summed E-state index contributed by atoms with van der Waals surface area (Å²) < 4.78 is 65.6. The van der Waals surface area contributed by atoms with Crippen molar-refractivity contribution in [1.82, 2.24) is 5.32 Å². The molecule has 2 aromatic carbocycles. The zero-order chi connectivity index (χ0) is 40.7. The number of hydrogen-bond acceptors (Lipinski definition) is 12. The highest BCUT2D eigenvalue weighted by Crippen LogP contribution is 2.30. The van der Waals surface area contributed by atoms with E-state index < -0.39 is 74.9 Å². The van der Waals surface area contributed by atoms with Gasteiger partial charge in [-0.2, -0.15) is 8.42 Å². The summed E-state index contributed by atoms with van der Waals surface area (Å²) in [6, 6.07) is 12.5. The van der Waals surface area contributed by atoms with Crippen LogP contribution in [0.15, 0.2) is 53.4 Å². The summed E-state index contributed by atoms with van der Waals surface area (Å²) in [5.41, 5.74) is -0.604. The first kappa shape index (κ1) is 44.7. The van der Waals surface area contributed by atoms with Gasteiger partial charge in [-0.25, -0.2) is 9.59 Å². The highest BCUT2D eigenvalue weighted by atomic mass is 32.2. The van der Waals surface area contributed by atoms with Gasteiger partial charge < -0.3 is 33.7 Å². The molecule has 54 heavy (non-hydrogen) atoms. The Morgan fingerprint density at radius 2 is 1.26 bits per heavy atom. The van der Waals surface area contributed by atoms with Gasteiger partial charge in [-0.1, -0.05) is 29.8 Å². The maximum absolute atomic E-state index is 13.4. The number of rotatable bonds is 15. The fraction of sp³-hybridized carbons (Fsp3) is 0.625. The van der Waals surface area contributed by atoms with E-state index in [0.29, 0.717) is 5.75 Å². The lowest BCUT2D eigenvalue weighted by Crippen LogP contribution is -2.46. The molecular formula is C40H59NO12S. The Labute approximate surface area is 320 Å². The summed E-state index contributed by atoms with van der Waals surface area (Å²) in [5.74, 6) is -2.22. The molecule has 4 atom stereocenters. The zero-order valence-corrected chi connectivity index (χ0v) is 34.6. The van der Waals surface area contributed by atoms with E-state index in [2.05, 4.69) is 5.32 Å². The highest BCUT2D eigenvalue weighted by Gasteiger charge is 2.43. The number of nitrogens with one attached hydrogen (secondary N) is 1. The zero-order valence-electron chi connectivity index (χ0n) is 33.8. The van der Waals surface area contributed by atoms with Gasteiger partial charge in [0.15, 0.2) is 5.79 Å². The number of carbonyl (C=O) groups is 3. The average Bonchev–Trinajstić information content (AvgIpc) is 3.31. The maximum atomic E-state index is 13.4. The lowest BCUT2D eigenvalue weighted by molar-refractivity contribution is -0.162. The molecule has 1 heterocycles. The van der Waals surface area contributed by atoms with Gasteiger partial charge in [0, 0.05) is 0 Å². The minimum Gasteiger partial charge on any atom is -0.491 e. The molecule has 1 saturated heterocycles. The Hall–Kier alpha value is -3.72. The van der Waals surface area contributed by atoms with E-state index in [9.17, 15) is 22.8 Å². The number of alkyl carbamates (subject to hydrolysis) is 1. The van der Waals surface area contributed by atoms with Gasteiger partial charge in [0.2, 0.25) is 0 Å². The molecule has 0 saturated carbocycles. The summed E-state index contributed by atoms with van der Waals surface area (Å²) in [5, 5.41) is 2.62. The number of hydrogen-bond donors (Lipinski definition) is 1. The molecule has 302 valence electrons. The SMILES string of the molecule is Cc1ccc(S(=O)(=O)OC[C@@H]2OC(C)(C)O[C@H]2COc2ccc(CC(CC[C@H](NC(=O)OC(C)(C)C)C(=O)OC(C)(C)C)C(=O)OC(C)(C)C)cc2)cc1. The van der Waals surface area contributed by atoms with Gasteiger partial charge in [-0.3, -0.25) is 8.98 Å². The first-order valence-electron chi connectivity index (χ1n) is 18.2. The lowest BCUT2D eigenvalue weighted by Gasteiger charge is -2.28. The summed E-state index contributed by atoms with van der Waals surface area (Å²) in [7, 11) is -4.01. The smallest absolute Gasteiger partial charge is 0.408 e. The Morgan fingerprint density at radius 1 is 0.741 bits per heavy atom. The molecule has 0 aromatic heterocycles. The van der Waals surface area contributed by atoms with E-state index in [1.807, 2.05) is 19.1 Å². The fourth-order valence-corrected chi connectivity index (χ4v) is 6.35. The number of benzene rings is 2. The van der Waals surface area contributed by atoms with Crippen LogP contribution in [0.2, 0.25) is 0 Å². The van der Waals surface area contributed by atoms with Crippen molar-refractivity contribution < 1.29 is 55.4 Å². The molecule has 2 aromatic rings. The highest BCUT2D eigenvalue weighted by molar-refractivity contribution is 7.86. The molecule has 0 bridgehead atoms. The van der Waals surface area contributed by atoms with Gasteiger partial charge in [-0.05, 0) is 132 Å². The van der Waals surface area contributed by atoms with E-state index in [-0.39, 0.29) is 37.4 Å². The van der Waals surface area contributed by atoms with Gasteiger partial charge in [0.25, 0.3) is 10.1 Å². The maximum Gasteiger partial charge on any atom is 0.408 e. The van der Waals surface area contributed by atoms with Crippen molar-refractivity contribution in [3.05, 3.63) is 59.7 Å². The minimum absolute atomic E-state index is 0.0494. The van der Waals surface area contributed by atoms with Gasteiger partial charge in [0.1, 0.15) is 47.4 Å². The number of ether oxygens (including phenoxy) is 6. The monoisotopic (exact) mass is 777 g/mol. The van der Waals surface area contributed by atoms with Crippen LogP contribution in [0.5, 0.6) is 5.75 Å². The van der Waals surface area contributed by atoms with Crippen LogP contribution in [0, 0.1) is 12.8 Å². The molecule has 1 fully saturated rings. The second kappa shape index (κ2) is 17.8. The lowest BCUT2D eigenvalue weighted by atomic mass is 9.92. The van der Waals surface area contributed by atoms with Crippen molar-refractivity contribution in [2.75, 3.05) is 13.2 Å². The third-order valence-electron chi connectivity index (χ3n) is 7.73. The molecule has 1 N–H and O–H groups in total. The molecule has 0 aliphatic carbocycles. The molecule has 1 unspecified atom stereocenters. The van der Waals surface area contributed by atoms with Gasteiger partial charge in [0.05, 0.1) is 17.4 Å². The molecule has 0 spiro atoms. The van der Waals surface area contributed by atoms with Crippen molar-refractivity contribution >= 4 is 28.1 Å². The van der Waals surface area contributed by atoms with Crippen LogP contribution in [0.1, 0.15) is 100 Å². The standard InChI is InChI=1S/C40H59NO12S/c1-26-13-20-30(21-14-26)54(45,46)48-25-33-32(49-40(11,12)50-33)24-47-29-18-15-27(16-19-29)23-28(34(42)51-37(2,3)4)17-22-31(35(43)52-38(5,6)7)41-36(44)53-39(8,9)10/h13-16,18-21,28,31-33H,17,22-25H2,1-12H3,(H,41,44)/t28?,31-,32-,33-/m0/s1. The van der Waals surface area contributed by atoms with Crippen molar-refractivity contribution in [3.8, 4) is 5.75 Å². The molecule has 1 amide bonds. The fourth-order valence-electron chi connectivity index (χ4n) is 5.43. The van der Waals surface area contributed by atoms with E-state index in [1.54, 1.807) is 100 Å². The Morgan fingerprint density at radius 3 is 1.80 bits per heavy atom. The second-order valence-corrected chi connectivity index (χ2v) is 18.6. The molecule has 3 rings (SSSR count). The number of esters is 2. The van der Waals surface area contributed by atoms with Crippen LogP contribution >= 0.6 is 0 Å². The largest absolute Gasteiger partial charge is 0.491 e. The molecular weight excluding hydrogens is 719 g/mol. The van der Waals surface area contributed by atoms with Crippen molar-refractivity contribution in [3.63, 3.8) is 0 Å². The Kier molecular flexibility index (Phi) is 14.7. The van der Waals surface area contributed by atoms with Crippen LogP contribution in [0.3, 0.4) is 0 Å². The van der Waals surface area contributed by atoms with Crippen molar-refractivity contribution in [2.24, 2.45) is 5.92 Å².